The maximum atomic E-state index is 12.8. The Morgan fingerprint density at radius 1 is 1.24 bits per heavy atom. The quantitative estimate of drug-likeness (QED) is 0.927. The first-order chi connectivity index (χ1) is 12.0. The molecule has 1 atom stereocenters. The van der Waals surface area contributed by atoms with Crippen LogP contribution in [0.25, 0.3) is 5.69 Å². The van der Waals surface area contributed by atoms with E-state index >= 15 is 0 Å². The van der Waals surface area contributed by atoms with Crippen molar-refractivity contribution in [1.29, 1.82) is 0 Å². The molecule has 6 nitrogen and oxygen atoms in total. The summed E-state index contributed by atoms with van der Waals surface area (Å²) in [5, 5.41) is 2.84. The fraction of sp³-hybridized carbons (Fsp3) is 0.474. The van der Waals surface area contributed by atoms with Crippen LogP contribution >= 0.6 is 0 Å². The number of benzene rings is 1. The van der Waals surface area contributed by atoms with Crippen molar-refractivity contribution >= 4 is 11.6 Å². The number of likely N-dealkylation sites (tertiary alicyclic amines) is 1. The lowest BCUT2D eigenvalue weighted by Crippen LogP contribution is -2.42. The molecule has 0 aliphatic carbocycles. The molecule has 6 heteroatoms. The second-order valence-electron chi connectivity index (χ2n) is 6.80. The van der Waals surface area contributed by atoms with Crippen LogP contribution in [0.3, 0.4) is 0 Å². The van der Waals surface area contributed by atoms with E-state index < -0.39 is 0 Å². The smallest absolute Gasteiger partial charge is 0.295 e. The molecule has 1 aromatic carbocycles. The fourth-order valence-corrected chi connectivity index (χ4v) is 3.47. The van der Waals surface area contributed by atoms with E-state index in [2.05, 4.69) is 17.1 Å². The first kappa shape index (κ1) is 17.5. The monoisotopic (exact) mass is 342 g/mol. The number of rotatable bonds is 4. The van der Waals surface area contributed by atoms with Gasteiger partial charge < -0.3 is 5.32 Å². The number of nitrogens with one attached hydrogen (secondary N) is 1. The molecule has 1 N–H and O–H groups in total. The second-order valence-corrected chi connectivity index (χ2v) is 6.80. The van der Waals surface area contributed by atoms with Crippen LogP contribution in [0.2, 0.25) is 0 Å². The standard InChI is InChI=1S/C19H26N4O2/c1-14-9-7-8-12-22(14)13-17(24)20-18-15(2)21(3)23(19(18)25)16-10-5-4-6-11-16/h4-6,10-11,14H,7-9,12-13H2,1-3H3,(H,20,24). The molecule has 25 heavy (non-hydrogen) atoms. The van der Waals surface area contributed by atoms with Crippen molar-refractivity contribution in [3.63, 3.8) is 0 Å². The largest absolute Gasteiger partial charge is 0.319 e. The molecule has 0 spiro atoms. The van der Waals surface area contributed by atoms with Gasteiger partial charge in [-0.1, -0.05) is 24.6 Å². The molecule has 0 bridgehead atoms. The lowest BCUT2D eigenvalue weighted by Gasteiger charge is -2.32. The zero-order chi connectivity index (χ0) is 18.0. The third-order valence-corrected chi connectivity index (χ3v) is 5.11. The molecule has 2 heterocycles. The first-order valence-corrected chi connectivity index (χ1v) is 8.87. The van der Waals surface area contributed by atoms with E-state index in [0.717, 1.165) is 30.8 Å². The minimum atomic E-state index is -0.203. The molecule has 3 rings (SSSR count). The fourth-order valence-electron chi connectivity index (χ4n) is 3.47. The van der Waals surface area contributed by atoms with E-state index in [1.165, 1.54) is 6.42 Å². The van der Waals surface area contributed by atoms with Gasteiger partial charge in [0.15, 0.2) is 0 Å². The molecular formula is C19H26N4O2. The summed E-state index contributed by atoms with van der Waals surface area (Å²) in [6.07, 6.45) is 3.47. The van der Waals surface area contributed by atoms with E-state index in [1.54, 1.807) is 9.36 Å². The van der Waals surface area contributed by atoms with Gasteiger partial charge in [0.1, 0.15) is 5.69 Å². The van der Waals surface area contributed by atoms with Gasteiger partial charge in [-0.15, -0.1) is 0 Å². The zero-order valence-electron chi connectivity index (χ0n) is 15.2. The minimum Gasteiger partial charge on any atom is -0.319 e. The van der Waals surface area contributed by atoms with Crippen LogP contribution in [0.4, 0.5) is 5.69 Å². The average molecular weight is 342 g/mol. The van der Waals surface area contributed by atoms with E-state index in [9.17, 15) is 9.59 Å². The summed E-state index contributed by atoms with van der Waals surface area (Å²) >= 11 is 0. The Morgan fingerprint density at radius 2 is 1.96 bits per heavy atom. The van der Waals surface area contributed by atoms with Crippen LogP contribution in [-0.2, 0) is 11.8 Å². The van der Waals surface area contributed by atoms with Gasteiger partial charge in [-0.2, -0.15) is 0 Å². The molecule has 0 radical (unpaired) electrons. The number of nitrogens with zero attached hydrogens (tertiary/aromatic N) is 3. The molecular weight excluding hydrogens is 316 g/mol. The molecule has 1 aromatic heterocycles. The van der Waals surface area contributed by atoms with Crippen LogP contribution in [0.1, 0.15) is 31.9 Å². The Hall–Kier alpha value is -2.34. The van der Waals surface area contributed by atoms with Crippen molar-refractivity contribution in [1.82, 2.24) is 14.3 Å². The second kappa shape index (κ2) is 7.27. The van der Waals surface area contributed by atoms with E-state index in [4.69, 9.17) is 0 Å². The maximum absolute atomic E-state index is 12.8. The van der Waals surface area contributed by atoms with Crippen LogP contribution < -0.4 is 10.9 Å². The number of anilines is 1. The van der Waals surface area contributed by atoms with Gasteiger partial charge >= 0.3 is 0 Å². The number of hydrogen-bond donors (Lipinski definition) is 1. The Balaban J connectivity index is 1.81. The van der Waals surface area contributed by atoms with Crippen LogP contribution in [-0.4, -0.2) is 39.3 Å². The molecule has 1 fully saturated rings. The lowest BCUT2D eigenvalue weighted by molar-refractivity contribution is -0.118. The highest BCUT2D eigenvalue weighted by Crippen LogP contribution is 2.17. The summed E-state index contributed by atoms with van der Waals surface area (Å²) < 4.78 is 3.35. The van der Waals surface area contributed by atoms with Crippen LogP contribution in [0.15, 0.2) is 35.1 Å². The Bertz CT molecular complexity index is 807. The third-order valence-electron chi connectivity index (χ3n) is 5.11. The molecule has 1 aliphatic rings. The van der Waals surface area contributed by atoms with Gasteiger partial charge in [-0.3, -0.25) is 19.2 Å². The normalized spacial score (nSPS) is 18.3. The van der Waals surface area contributed by atoms with Crippen molar-refractivity contribution in [2.24, 2.45) is 7.05 Å². The Morgan fingerprint density at radius 3 is 2.64 bits per heavy atom. The Kier molecular flexibility index (Phi) is 5.08. The number of piperidine rings is 1. The van der Waals surface area contributed by atoms with Gasteiger partial charge in [0.25, 0.3) is 5.56 Å². The average Bonchev–Trinajstić information content (AvgIpc) is 2.81. The highest BCUT2D eigenvalue weighted by atomic mass is 16.2. The number of amides is 1. The SMILES string of the molecule is Cc1c(NC(=O)CN2CCCCC2C)c(=O)n(-c2ccccc2)n1C. The summed E-state index contributed by atoms with van der Waals surface area (Å²) in [7, 11) is 1.83. The van der Waals surface area contributed by atoms with E-state index in [-0.39, 0.29) is 11.5 Å². The maximum Gasteiger partial charge on any atom is 0.295 e. The topological polar surface area (TPSA) is 59.3 Å². The molecule has 1 aliphatic heterocycles. The summed E-state index contributed by atoms with van der Waals surface area (Å²) in [6.45, 7) is 5.28. The van der Waals surface area contributed by atoms with Gasteiger partial charge in [0.2, 0.25) is 5.91 Å². The van der Waals surface area contributed by atoms with Crippen molar-refractivity contribution in [2.75, 3.05) is 18.4 Å². The molecule has 1 amide bonds. The summed E-state index contributed by atoms with van der Waals surface area (Å²) in [4.78, 5) is 27.5. The molecule has 2 aromatic rings. The van der Waals surface area contributed by atoms with Crippen LogP contribution in [0, 0.1) is 6.92 Å². The van der Waals surface area contributed by atoms with E-state index in [1.807, 2.05) is 44.3 Å². The number of hydrogen-bond acceptors (Lipinski definition) is 3. The number of carbonyl (C=O) groups is 1. The first-order valence-electron chi connectivity index (χ1n) is 8.87. The Labute approximate surface area is 148 Å². The number of carbonyl (C=O) groups excluding carboxylic acids is 1. The van der Waals surface area contributed by atoms with E-state index in [0.29, 0.717) is 18.3 Å². The van der Waals surface area contributed by atoms with Gasteiger partial charge in [0.05, 0.1) is 17.9 Å². The zero-order valence-corrected chi connectivity index (χ0v) is 15.2. The highest BCUT2D eigenvalue weighted by Gasteiger charge is 2.23. The summed E-state index contributed by atoms with van der Waals surface area (Å²) in [5.74, 6) is -0.125. The molecule has 1 saturated heterocycles. The number of para-hydroxylation sites is 1. The van der Waals surface area contributed by atoms with Crippen molar-refractivity contribution in [2.45, 2.75) is 39.2 Å². The molecule has 134 valence electrons. The van der Waals surface area contributed by atoms with Crippen LogP contribution in [0.5, 0.6) is 0 Å². The summed E-state index contributed by atoms with van der Waals surface area (Å²) in [6, 6.07) is 9.86. The third kappa shape index (κ3) is 3.54. The predicted molar refractivity (Wildman–Crippen MR) is 99.3 cm³/mol. The van der Waals surface area contributed by atoms with Gasteiger partial charge in [0, 0.05) is 13.1 Å². The highest BCUT2D eigenvalue weighted by molar-refractivity contribution is 5.92. The summed E-state index contributed by atoms with van der Waals surface area (Å²) in [5.41, 5.74) is 1.68. The van der Waals surface area contributed by atoms with Gasteiger partial charge in [-0.05, 0) is 45.4 Å². The van der Waals surface area contributed by atoms with Crippen molar-refractivity contribution < 1.29 is 4.79 Å². The lowest BCUT2D eigenvalue weighted by atomic mass is 10.0. The predicted octanol–water partition coefficient (Wildman–Crippen LogP) is 2.30. The van der Waals surface area contributed by atoms with Crippen molar-refractivity contribution in [3.05, 3.63) is 46.4 Å². The molecule has 0 saturated carbocycles. The molecule has 1 unspecified atom stereocenters. The number of aromatic nitrogens is 2. The minimum absolute atomic E-state index is 0.125. The van der Waals surface area contributed by atoms with Gasteiger partial charge in [-0.25, -0.2) is 4.68 Å². The van der Waals surface area contributed by atoms with Crippen molar-refractivity contribution in [3.8, 4) is 5.69 Å².